The Kier molecular flexibility index (Phi) is 9.38. The van der Waals surface area contributed by atoms with Crippen molar-refractivity contribution < 1.29 is 30.5 Å². The van der Waals surface area contributed by atoms with Crippen molar-refractivity contribution in [2.24, 2.45) is 0 Å². The molecular weight excluding hydrogens is 653 g/mol. The second-order valence-corrected chi connectivity index (χ2v) is 14.9. The summed E-state index contributed by atoms with van der Waals surface area (Å²) in [4.78, 5) is 3.95. The van der Waals surface area contributed by atoms with E-state index in [4.69, 9.17) is 23.2 Å². The predicted molar refractivity (Wildman–Crippen MR) is 172 cm³/mol. The smallest absolute Gasteiger partial charge is 0.262 e. The van der Waals surface area contributed by atoms with Gasteiger partial charge in [0.1, 0.15) is 10.5 Å². The summed E-state index contributed by atoms with van der Waals surface area (Å²) in [7, 11) is -8.73. The van der Waals surface area contributed by atoms with Gasteiger partial charge < -0.3 is 18.9 Å². The zero-order valence-electron chi connectivity index (χ0n) is 23.1. The number of aromatic nitrogens is 1. The summed E-state index contributed by atoms with van der Waals surface area (Å²) in [5, 5.41) is 3.67. The average molecular weight is 682 g/mol. The molecular formula is C29H28Cl2N3O6S3-. The lowest BCUT2D eigenvalue weighted by atomic mass is 10.1. The molecule has 228 valence electrons. The fourth-order valence-electron chi connectivity index (χ4n) is 5.33. The number of halogens is 2. The van der Waals surface area contributed by atoms with Crippen LogP contribution in [0.15, 0.2) is 66.5 Å². The number of rotatable bonds is 11. The van der Waals surface area contributed by atoms with Crippen LogP contribution in [0.3, 0.4) is 0 Å². The van der Waals surface area contributed by atoms with Gasteiger partial charge >= 0.3 is 0 Å². The van der Waals surface area contributed by atoms with Crippen LogP contribution >= 0.6 is 34.5 Å². The largest absolute Gasteiger partial charge is 0.748 e. The molecule has 1 aliphatic heterocycles. The van der Waals surface area contributed by atoms with E-state index >= 15 is 0 Å². The molecule has 0 radical (unpaired) electrons. The first-order chi connectivity index (χ1) is 20.4. The van der Waals surface area contributed by atoms with Crippen LogP contribution in [0.5, 0.6) is 0 Å². The molecule has 1 aliphatic rings. The van der Waals surface area contributed by atoms with Crippen molar-refractivity contribution in [3.63, 3.8) is 0 Å². The van der Waals surface area contributed by atoms with Gasteiger partial charge in [-0.3, -0.25) is 0 Å². The molecule has 14 heteroatoms. The number of allylic oxidation sites excluding steroid dienone is 2. The van der Waals surface area contributed by atoms with E-state index in [0.717, 1.165) is 43.2 Å². The molecule has 0 atom stereocenters. The Morgan fingerprint density at radius 1 is 0.907 bits per heavy atom. The molecule has 0 amide bonds. The molecule has 0 aliphatic carbocycles. The van der Waals surface area contributed by atoms with Crippen LogP contribution in [0.1, 0.15) is 24.8 Å². The lowest BCUT2D eigenvalue weighted by Gasteiger charge is -2.24. The van der Waals surface area contributed by atoms with Crippen molar-refractivity contribution in [2.45, 2.75) is 26.3 Å². The third-order valence-electron chi connectivity index (χ3n) is 7.12. The maximum atomic E-state index is 11.3. The SMILES string of the molecule is CCN1/C(=C\C=C\c2sc3ccc4ccccc4c3[n+]2CCCS(=O)(=O)[O-])N(CCCS(=O)(=O)[O-])c2cc(Cl)c(Cl)cc21. The second-order valence-electron chi connectivity index (χ2n) is 9.99. The first kappa shape index (κ1) is 31.7. The Bertz CT molecular complexity index is 1970. The molecule has 1 aromatic heterocycles. The molecule has 0 spiro atoms. The Morgan fingerprint density at radius 3 is 2.23 bits per heavy atom. The van der Waals surface area contributed by atoms with Crippen LogP contribution in [-0.2, 0) is 26.8 Å². The molecule has 0 N–H and O–H groups in total. The van der Waals surface area contributed by atoms with Crippen LogP contribution in [0.2, 0.25) is 10.0 Å². The number of hydrogen-bond donors (Lipinski definition) is 0. The van der Waals surface area contributed by atoms with Gasteiger partial charge in [-0.2, -0.15) is 4.57 Å². The van der Waals surface area contributed by atoms with Crippen LogP contribution < -0.4 is 14.4 Å². The van der Waals surface area contributed by atoms with Crippen molar-refractivity contribution in [1.29, 1.82) is 0 Å². The summed E-state index contributed by atoms with van der Waals surface area (Å²) < 4.78 is 71.0. The van der Waals surface area contributed by atoms with E-state index in [1.807, 2.05) is 75.9 Å². The maximum absolute atomic E-state index is 11.3. The number of aryl methyl sites for hydroxylation is 1. The highest BCUT2D eigenvalue weighted by Gasteiger charge is 2.31. The molecule has 0 saturated carbocycles. The van der Waals surface area contributed by atoms with E-state index in [9.17, 15) is 25.9 Å². The summed E-state index contributed by atoms with van der Waals surface area (Å²) in [6.07, 6.45) is 5.99. The third-order valence-corrected chi connectivity index (χ3v) is 10.5. The van der Waals surface area contributed by atoms with Crippen LogP contribution in [0.25, 0.3) is 27.1 Å². The van der Waals surface area contributed by atoms with Crippen molar-refractivity contribution in [3.05, 3.63) is 81.6 Å². The van der Waals surface area contributed by atoms with E-state index < -0.39 is 31.7 Å². The monoisotopic (exact) mass is 680 g/mol. The minimum Gasteiger partial charge on any atom is -0.748 e. The van der Waals surface area contributed by atoms with E-state index in [2.05, 4.69) is 0 Å². The van der Waals surface area contributed by atoms with Crippen LogP contribution in [0.4, 0.5) is 11.4 Å². The van der Waals surface area contributed by atoms with E-state index in [0.29, 0.717) is 23.1 Å². The van der Waals surface area contributed by atoms with Gasteiger partial charge in [0.25, 0.3) is 5.01 Å². The van der Waals surface area contributed by atoms with Crippen molar-refractivity contribution in [1.82, 2.24) is 0 Å². The van der Waals surface area contributed by atoms with Crippen molar-refractivity contribution in [3.8, 4) is 0 Å². The zero-order chi connectivity index (χ0) is 30.9. The standard InChI is InChI=1S/C29H29Cl2N3O6S3/c1-2-32-24-18-22(30)23(31)19-25(24)33(14-6-16-42(35,36)37)27(32)10-5-11-28-34(15-7-17-43(38,39)40)29-21-9-4-3-8-20(21)12-13-26(29)41-28/h3-5,8-13,18-19H,2,6-7,14-17H2,1H3,(H-,35,36,37,38,39,40)/p-1. The van der Waals surface area contributed by atoms with Gasteiger partial charge in [0.15, 0.2) is 6.54 Å². The Morgan fingerprint density at radius 2 is 1.56 bits per heavy atom. The van der Waals surface area contributed by atoms with Crippen molar-refractivity contribution in [2.75, 3.05) is 34.4 Å². The van der Waals surface area contributed by atoms with Gasteiger partial charge in [-0.05, 0) is 49.1 Å². The van der Waals surface area contributed by atoms with Crippen molar-refractivity contribution >= 4 is 93.2 Å². The summed E-state index contributed by atoms with van der Waals surface area (Å²) in [6, 6.07) is 15.5. The number of nitrogens with zero attached hydrogens (tertiary/aromatic N) is 3. The highest BCUT2D eigenvalue weighted by atomic mass is 35.5. The Balaban J connectivity index is 1.55. The number of fused-ring (bicyclic) bond motifs is 4. The predicted octanol–water partition coefficient (Wildman–Crippen LogP) is 5.72. The zero-order valence-corrected chi connectivity index (χ0v) is 27.0. The second kappa shape index (κ2) is 12.7. The van der Waals surface area contributed by atoms with Gasteiger partial charge in [-0.15, -0.1) is 0 Å². The fraction of sp³-hybridized carbons (Fsp3) is 0.276. The van der Waals surface area contributed by atoms with Gasteiger partial charge in [0.2, 0.25) is 5.52 Å². The quantitative estimate of drug-likeness (QED) is 0.146. The lowest BCUT2D eigenvalue weighted by molar-refractivity contribution is -0.667. The molecule has 0 saturated heterocycles. The maximum Gasteiger partial charge on any atom is 0.262 e. The number of thiazole rings is 1. The summed E-state index contributed by atoms with van der Waals surface area (Å²) in [6.45, 7) is 3.16. The third kappa shape index (κ3) is 7.17. The molecule has 2 heterocycles. The molecule has 4 aromatic rings. The normalized spacial score (nSPS) is 15.0. The van der Waals surface area contributed by atoms with Gasteiger partial charge in [0, 0.05) is 37.1 Å². The highest BCUT2D eigenvalue weighted by Crippen LogP contribution is 2.45. The lowest BCUT2D eigenvalue weighted by Crippen LogP contribution is -2.36. The molecule has 0 bridgehead atoms. The number of benzene rings is 3. The number of anilines is 2. The Labute approximate surface area is 264 Å². The van der Waals surface area contributed by atoms with Gasteiger partial charge in [-0.1, -0.05) is 64.9 Å². The topological polar surface area (TPSA) is 125 Å². The summed E-state index contributed by atoms with van der Waals surface area (Å²) in [5.74, 6) is -0.200. The number of hydrogen-bond acceptors (Lipinski definition) is 9. The first-order valence-electron chi connectivity index (χ1n) is 13.5. The van der Waals surface area contributed by atoms with Gasteiger partial charge in [-0.25, -0.2) is 16.8 Å². The fourth-order valence-corrected chi connectivity index (χ4v) is 7.73. The van der Waals surface area contributed by atoms with E-state index in [1.54, 1.807) is 23.5 Å². The minimum absolute atomic E-state index is 0.121. The minimum atomic E-state index is -4.38. The Hall–Kier alpha value is -2.71. The molecule has 5 rings (SSSR count). The average Bonchev–Trinajstić information content (AvgIpc) is 3.42. The molecule has 0 fully saturated rings. The van der Waals surface area contributed by atoms with Crippen LogP contribution in [0, 0.1) is 0 Å². The summed E-state index contributed by atoms with van der Waals surface area (Å²) in [5.41, 5.74) is 2.53. The summed E-state index contributed by atoms with van der Waals surface area (Å²) >= 11 is 14.2. The molecule has 3 aromatic carbocycles. The molecule has 0 unspecified atom stereocenters. The van der Waals surface area contributed by atoms with Crippen LogP contribution in [-0.4, -0.2) is 50.5 Å². The molecule has 9 nitrogen and oxygen atoms in total. The van der Waals surface area contributed by atoms with E-state index in [-0.39, 0.29) is 19.4 Å². The molecule has 43 heavy (non-hydrogen) atoms. The van der Waals surface area contributed by atoms with E-state index in [1.165, 1.54) is 0 Å². The first-order valence-corrected chi connectivity index (χ1v) is 18.2. The van der Waals surface area contributed by atoms with Gasteiger partial charge in [0.05, 0.1) is 47.0 Å². The highest BCUT2D eigenvalue weighted by molar-refractivity contribution is 7.85.